The molecule has 9 nitrogen and oxygen atoms in total. The van der Waals surface area contributed by atoms with Gasteiger partial charge in [-0.25, -0.2) is 9.59 Å². The highest BCUT2D eigenvalue weighted by Crippen LogP contribution is 2.26. The van der Waals surface area contributed by atoms with Crippen molar-refractivity contribution in [1.29, 1.82) is 0 Å². The van der Waals surface area contributed by atoms with Gasteiger partial charge in [0.15, 0.2) is 0 Å². The SMILES string of the molecule is CC(C)C(NC(=O)Nc1ccccc1)C(=O)Nc1cccc(C2(C)NC(=O)NC2=O)c1. The van der Waals surface area contributed by atoms with Gasteiger partial charge < -0.3 is 21.3 Å². The average molecular weight is 423 g/mol. The Morgan fingerprint density at radius 2 is 1.61 bits per heavy atom. The molecule has 1 saturated heterocycles. The first-order chi connectivity index (χ1) is 14.7. The molecule has 0 radical (unpaired) electrons. The highest BCUT2D eigenvalue weighted by molar-refractivity contribution is 6.07. The van der Waals surface area contributed by atoms with E-state index in [4.69, 9.17) is 0 Å². The molecule has 1 aliphatic rings. The van der Waals surface area contributed by atoms with Crippen molar-refractivity contribution in [2.75, 3.05) is 10.6 Å². The number of rotatable bonds is 6. The van der Waals surface area contributed by atoms with Crippen molar-refractivity contribution in [3.63, 3.8) is 0 Å². The van der Waals surface area contributed by atoms with E-state index in [1.54, 1.807) is 55.5 Å². The molecule has 9 heteroatoms. The lowest BCUT2D eigenvalue weighted by Crippen LogP contribution is -2.48. The van der Waals surface area contributed by atoms with Gasteiger partial charge in [0, 0.05) is 11.4 Å². The van der Waals surface area contributed by atoms with Crippen molar-refractivity contribution >= 4 is 35.3 Å². The summed E-state index contributed by atoms with van der Waals surface area (Å²) in [5, 5.41) is 13.0. The van der Waals surface area contributed by atoms with Crippen LogP contribution in [0.15, 0.2) is 54.6 Å². The molecule has 1 aliphatic heterocycles. The van der Waals surface area contributed by atoms with Gasteiger partial charge in [-0.05, 0) is 42.7 Å². The van der Waals surface area contributed by atoms with E-state index < -0.39 is 35.5 Å². The fraction of sp³-hybridized carbons (Fsp3) is 0.273. The molecular formula is C22H25N5O4. The number of benzene rings is 2. The number of anilines is 2. The minimum absolute atomic E-state index is 0.179. The van der Waals surface area contributed by atoms with Crippen LogP contribution in [0.1, 0.15) is 26.3 Å². The standard InChI is InChI=1S/C22H25N5O4/c1-13(2)17(25-20(30)24-15-9-5-4-6-10-15)18(28)23-16-11-7-8-14(12-16)22(3)19(29)26-21(31)27-22/h4-13,17H,1-3H3,(H,23,28)(H2,24,25,30)(H2,26,27,29,31). The summed E-state index contributed by atoms with van der Waals surface area (Å²) < 4.78 is 0. The number of carbonyl (C=O) groups is 4. The van der Waals surface area contributed by atoms with Crippen LogP contribution >= 0.6 is 0 Å². The lowest BCUT2D eigenvalue weighted by atomic mass is 9.92. The molecule has 1 fully saturated rings. The summed E-state index contributed by atoms with van der Waals surface area (Å²) in [4.78, 5) is 48.9. The number of urea groups is 2. The summed E-state index contributed by atoms with van der Waals surface area (Å²) in [7, 11) is 0. The van der Waals surface area contributed by atoms with Crippen molar-refractivity contribution in [2.45, 2.75) is 32.4 Å². The van der Waals surface area contributed by atoms with Gasteiger partial charge in [-0.2, -0.15) is 0 Å². The summed E-state index contributed by atoms with van der Waals surface area (Å²) in [6.45, 7) is 5.23. The van der Waals surface area contributed by atoms with E-state index >= 15 is 0 Å². The summed E-state index contributed by atoms with van der Waals surface area (Å²) in [6, 6.07) is 13.7. The third kappa shape index (κ3) is 5.00. The zero-order valence-electron chi connectivity index (χ0n) is 17.5. The molecule has 2 aromatic carbocycles. The summed E-state index contributed by atoms with van der Waals surface area (Å²) in [6.07, 6.45) is 0. The van der Waals surface area contributed by atoms with Crippen LogP contribution < -0.4 is 26.6 Å². The number of hydrogen-bond acceptors (Lipinski definition) is 4. The molecule has 31 heavy (non-hydrogen) atoms. The molecule has 0 aromatic heterocycles. The normalized spacial score (nSPS) is 18.7. The Morgan fingerprint density at radius 1 is 0.935 bits per heavy atom. The van der Waals surface area contributed by atoms with Crippen LogP contribution in [-0.2, 0) is 15.1 Å². The van der Waals surface area contributed by atoms with E-state index in [2.05, 4.69) is 26.6 Å². The third-order valence-corrected chi connectivity index (χ3v) is 5.02. The van der Waals surface area contributed by atoms with Gasteiger partial charge in [-0.15, -0.1) is 0 Å². The second-order valence-corrected chi connectivity index (χ2v) is 7.79. The Morgan fingerprint density at radius 3 is 2.23 bits per heavy atom. The lowest BCUT2D eigenvalue weighted by molar-refractivity contribution is -0.123. The largest absolute Gasteiger partial charge is 0.326 e. The van der Waals surface area contributed by atoms with Gasteiger partial charge in [-0.1, -0.05) is 44.2 Å². The topological polar surface area (TPSA) is 128 Å². The molecule has 0 aliphatic carbocycles. The van der Waals surface area contributed by atoms with Crippen LogP contribution in [-0.4, -0.2) is 29.9 Å². The molecule has 162 valence electrons. The predicted molar refractivity (Wildman–Crippen MR) is 116 cm³/mol. The van der Waals surface area contributed by atoms with Gasteiger partial charge in [0.2, 0.25) is 5.91 Å². The van der Waals surface area contributed by atoms with Gasteiger partial charge in [0.1, 0.15) is 11.6 Å². The summed E-state index contributed by atoms with van der Waals surface area (Å²) in [5.41, 5.74) is 0.335. The Hall–Kier alpha value is -3.88. The van der Waals surface area contributed by atoms with E-state index in [0.29, 0.717) is 16.9 Å². The minimum Gasteiger partial charge on any atom is -0.326 e. The Balaban J connectivity index is 1.70. The summed E-state index contributed by atoms with van der Waals surface area (Å²) >= 11 is 0. The molecule has 2 unspecified atom stereocenters. The van der Waals surface area contributed by atoms with Gasteiger partial charge in [0.25, 0.3) is 5.91 Å². The molecule has 3 rings (SSSR count). The van der Waals surface area contributed by atoms with Crippen LogP contribution in [0.25, 0.3) is 0 Å². The van der Waals surface area contributed by atoms with E-state index in [0.717, 1.165) is 0 Å². The second-order valence-electron chi connectivity index (χ2n) is 7.79. The molecule has 1 heterocycles. The average Bonchev–Trinajstić information content (AvgIpc) is 2.99. The van der Waals surface area contributed by atoms with Crippen LogP contribution in [0.3, 0.4) is 0 Å². The molecule has 5 N–H and O–H groups in total. The van der Waals surface area contributed by atoms with E-state index in [1.807, 2.05) is 19.9 Å². The highest BCUT2D eigenvalue weighted by Gasteiger charge is 2.43. The molecule has 0 bridgehead atoms. The third-order valence-electron chi connectivity index (χ3n) is 5.02. The van der Waals surface area contributed by atoms with Gasteiger partial charge >= 0.3 is 12.1 Å². The Kier molecular flexibility index (Phi) is 6.24. The molecular weight excluding hydrogens is 398 g/mol. The first-order valence-corrected chi connectivity index (χ1v) is 9.86. The number of para-hydroxylation sites is 1. The number of nitrogens with one attached hydrogen (secondary N) is 5. The summed E-state index contributed by atoms with van der Waals surface area (Å²) in [5.74, 6) is -1.05. The molecule has 0 spiro atoms. The minimum atomic E-state index is -1.23. The van der Waals surface area contributed by atoms with Crippen LogP contribution in [0.5, 0.6) is 0 Å². The molecule has 2 aromatic rings. The zero-order valence-corrected chi connectivity index (χ0v) is 17.5. The van der Waals surface area contributed by atoms with Crippen molar-refractivity contribution in [2.24, 2.45) is 5.92 Å². The van der Waals surface area contributed by atoms with Crippen molar-refractivity contribution < 1.29 is 19.2 Å². The van der Waals surface area contributed by atoms with Crippen molar-refractivity contribution in [3.05, 3.63) is 60.2 Å². The number of imide groups is 1. The molecule has 0 saturated carbocycles. The number of hydrogen-bond donors (Lipinski definition) is 5. The van der Waals surface area contributed by atoms with Crippen LogP contribution in [0.2, 0.25) is 0 Å². The van der Waals surface area contributed by atoms with E-state index in [1.165, 1.54) is 0 Å². The maximum atomic E-state index is 12.9. The maximum Gasteiger partial charge on any atom is 0.322 e. The van der Waals surface area contributed by atoms with E-state index in [-0.39, 0.29) is 5.92 Å². The smallest absolute Gasteiger partial charge is 0.322 e. The Bertz CT molecular complexity index is 1010. The first-order valence-electron chi connectivity index (χ1n) is 9.86. The van der Waals surface area contributed by atoms with Crippen molar-refractivity contribution in [3.8, 4) is 0 Å². The maximum absolute atomic E-state index is 12.9. The second kappa shape index (κ2) is 8.86. The first kappa shape index (κ1) is 21.8. The van der Waals surface area contributed by atoms with Crippen molar-refractivity contribution in [1.82, 2.24) is 16.0 Å². The highest BCUT2D eigenvalue weighted by atomic mass is 16.2. The zero-order chi connectivity index (χ0) is 22.6. The lowest BCUT2D eigenvalue weighted by Gasteiger charge is -2.24. The fourth-order valence-electron chi connectivity index (χ4n) is 3.24. The fourth-order valence-corrected chi connectivity index (χ4v) is 3.24. The van der Waals surface area contributed by atoms with Crippen LogP contribution in [0.4, 0.5) is 21.0 Å². The Labute approximate surface area is 180 Å². The number of carbonyl (C=O) groups excluding carboxylic acids is 4. The van der Waals surface area contributed by atoms with Gasteiger partial charge in [-0.3, -0.25) is 14.9 Å². The number of amides is 6. The molecule has 6 amide bonds. The van der Waals surface area contributed by atoms with Crippen LogP contribution in [0, 0.1) is 5.92 Å². The quantitative estimate of drug-likeness (QED) is 0.457. The molecule has 2 atom stereocenters. The van der Waals surface area contributed by atoms with E-state index in [9.17, 15) is 19.2 Å². The monoisotopic (exact) mass is 423 g/mol. The predicted octanol–water partition coefficient (Wildman–Crippen LogP) is 2.53. The van der Waals surface area contributed by atoms with Gasteiger partial charge in [0.05, 0.1) is 0 Å².